The van der Waals surface area contributed by atoms with E-state index in [1.54, 1.807) is 20.8 Å². The molecule has 1 fully saturated rings. The van der Waals surface area contributed by atoms with Crippen molar-refractivity contribution in [3.63, 3.8) is 0 Å². The van der Waals surface area contributed by atoms with Gasteiger partial charge >= 0.3 is 12.3 Å². The summed E-state index contributed by atoms with van der Waals surface area (Å²) in [6, 6.07) is -0.266. The van der Waals surface area contributed by atoms with Crippen molar-refractivity contribution in [1.82, 2.24) is 15.3 Å². The van der Waals surface area contributed by atoms with Gasteiger partial charge in [-0.1, -0.05) is 0 Å². The van der Waals surface area contributed by atoms with Gasteiger partial charge in [0.05, 0.1) is 0 Å². The number of hydrogen-bond acceptors (Lipinski definition) is 5. The molecule has 2 N–H and O–H groups in total. The fourth-order valence-electron chi connectivity index (χ4n) is 2.73. The highest BCUT2D eigenvalue weighted by molar-refractivity contribution is 6.28. The molecule has 0 spiro atoms. The molecule has 2 rings (SSSR count). The summed E-state index contributed by atoms with van der Waals surface area (Å²) >= 11 is 5.63. The lowest BCUT2D eigenvalue weighted by atomic mass is 9.91. The molecule has 1 aromatic rings. The van der Waals surface area contributed by atoms with E-state index in [1.807, 2.05) is 0 Å². The lowest BCUT2D eigenvalue weighted by Gasteiger charge is -2.31. The Morgan fingerprint density at radius 1 is 1.19 bits per heavy atom. The average Bonchev–Trinajstić information content (AvgIpc) is 2.46. The zero-order valence-electron chi connectivity index (χ0n) is 14.8. The van der Waals surface area contributed by atoms with E-state index in [0.29, 0.717) is 31.9 Å². The maximum absolute atomic E-state index is 13.1. The number of halogens is 4. The highest BCUT2D eigenvalue weighted by atomic mass is 35.5. The minimum absolute atomic E-state index is 0.0704. The zero-order valence-corrected chi connectivity index (χ0v) is 15.5. The molecule has 26 heavy (non-hydrogen) atoms. The van der Waals surface area contributed by atoms with Crippen LogP contribution in [0, 0.1) is 0 Å². The van der Waals surface area contributed by atoms with E-state index in [4.69, 9.17) is 16.3 Å². The summed E-state index contributed by atoms with van der Waals surface area (Å²) in [5, 5.41) is 5.35. The standard InChI is InChI=1S/C16H22ClF3N4O2/c1-15(2,3)26-14(25)23-10-6-4-9(5-7-10)22-12-11(16(18,19)20)8-21-13(17)24-12/h8-10H,4-7H2,1-3H3,(H,23,25)(H,21,22,24). The smallest absolute Gasteiger partial charge is 0.421 e. The monoisotopic (exact) mass is 394 g/mol. The Morgan fingerprint density at radius 3 is 2.31 bits per heavy atom. The Kier molecular flexibility index (Phi) is 6.21. The molecule has 0 aromatic carbocycles. The van der Waals surface area contributed by atoms with E-state index < -0.39 is 23.4 Å². The number of carbonyl (C=O) groups excluding carboxylic acids is 1. The first-order chi connectivity index (χ1) is 11.9. The third-order valence-electron chi connectivity index (χ3n) is 3.85. The van der Waals surface area contributed by atoms with Crippen LogP contribution in [-0.2, 0) is 10.9 Å². The topological polar surface area (TPSA) is 76.1 Å². The number of carbonyl (C=O) groups is 1. The number of alkyl carbamates (subject to hydrolysis) is 1. The molecule has 1 saturated carbocycles. The number of amides is 1. The molecule has 10 heteroatoms. The van der Waals surface area contributed by atoms with Gasteiger partial charge in [0.2, 0.25) is 5.28 Å². The SMILES string of the molecule is CC(C)(C)OC(=O)NC1CCC(Nc2nc(Cl)ncc2C(F)(F)F)CC1. The van der Waals surface area contributed by atoms with E-state index >= 15 is 0 Å². The van der Waals surface area contributed by atoms with E-state index in [0.717, 1.165) is 0 Å². The van der Waals surface area contributed by atoms with Crippen molar-refractivity contribution in [2.24, 2.45) is 0 Å². The second-order valence-electron chi connectivity index (χ2n) is 7.24. The highest BCUT2D eigenvalue weighted by Gasteiger charge is 2.36. The lowest BCUT2D eigenvalue weighted by Crippen LogP contribution is -2.42. The van der Waals surface area contributed by atoms with Crippen LogP contribution in [0.1, 0.15) is 52.0 Å². The van der Waals surface area contributed by atoms with Gasteiger partial charge in [-0.15, -0.1) is 0 Å². The van der Waals surface area contributed by atoms with E-state index in [9.17, 15) is 18.0 Å². The zero-order chi connectivity index (χ0) is 19.5. The van der Waals surface area contributed by atoms with Crippen molar-refractivity contribution < 1.29 is 22.7 Å². The summed E-state index contributed by atoms with van der Waals surface area (Å²) in [5.74, 6) is -0.318. The average molecular weight is 395 g/mol. The van der Waals surface area contributed by atoms with E-state index in [-0.39, 0.29) is 23.2 Å². The number of rotatable bonds is 3. The van der Waals surface area contributed by atoms with Gasteiger partial charge in [0.15, 0.2) is 0 Å². The number of aromatic nitrogens is 2. The number of nitrogens with one attached hydrogen (secondary N) is 2. The van der Waals surface area contributed by atoms with Gasteiger partial charge in [-0.05, 0) is 58.1 Å². The number of anilines is 1. The molecule has 0 unspecified atom stereocenters. The molecule has 0 saturated heterocycles. The Balaban J connectivity index is 1.92. The summed E-state index contributed by atoms with van der Waals surface area (Å²) < 4.78 is 44.4. The van der Waals surface area contributed by atoms with Crippen LogP contribution in [-0.4, -0.2) is 33.7 Å². The quantitative estimate of drug-likeness (QED) is 0.743. The van der Waals surface area contributed by atoms with Gasteiger partial charge < -0.3 is 15.4 Å². The van der Waals surface area contributed by atoms with Gasteiger partial charge in [-0.3, -0.25) is 0 Å². The summed E-state index contributed by atoms with van der Waals surface area (Å²) in [7, 11) is 0. The molecule has 1 aromatic heterocycles. The maximum atomic E-state index is 13.1. The highest BCUT2D eigenvalue weighted by Crippen LogP contribution is 2.35. The van der Waals surface area contributed by atoms with Crippen LogP contribution in [0.4, 0.5) is 23.8 Å². The van der Waals surface area contributed by atoms with Gasteiger partial charge in [-0.2, -0.15) is 13.2 Å². The normalized spacial score (nSPS) is 21.2. The van der Waals surface area contributed by atoms with Gasteiger partial charge in [0.25, 0.3) is 0 Å². The molecule has 0 radical (unpaired) electrons. The number of nitrogens with zero attached hydrogens (tertiary/aromatic N) is 2. The predicted molar refractivity (Wildman–Crippen MR) is 91.1 cm³/mol. The minimum Gasteiger partial charge on any atom is -0.444 e. The van der Waals surface area contributed by atoms with Gasteiger partial charge in [0, 0.05) is 18.3 Å². The largest absolute Gasteiger partial charge is 0.444 e. The molecular formula is C16H22ClF3N4O2. The fraction of sp³-hybridized carbons (Fsp3) is 0.688. The fourth-order valence-corrected chi connectivity index (χ4v) is 2.86. The third-order valence-corrected chi connectivity index (χ3v) is 4.04. The summed E-state index contributed by atoms with van der Waals surface area (Å²) in [6.07, 6.45) is -1.97. The van der Waals surface area contributed by atoms with Gasteiger partial charge in [0.1, 0.15) is 17.0 Å². The van der Waals surface area contributed by atoms with Crippen LogP contribution in [0.25, 0.3) is 0 Å². The molecule has 0 aliphatic heterocycles. The molecule has 1 aliphatic rings. The predicted octanol–water partition coefficient (Wildman–Crippen LogP) is 4.40. The van der Waals surface area contributed by atoms with Crippen LogP contribution in [0.15, 0.2) is 6.20 Å². The summed E-state index contributed by atoms with van der Waals surface area (Å²) in [4.78, 5) is 18.9. The van der Waals surface area contributed by atoms with Gasteiger partial charge in [-0.25, -0.2) is 14.8 Å². The van der Waals surface area contributed by atoms with E-state index in [1.165, 1.54) is 0 Å². The van der Waals surface area contributed by atoms with E-state index in [2.05, 4.69) is 20.6 Å². The molecule has 146 valence electrons. The van der Waals surface area contributed by atoms with Crippen LogP contribution >= 0.6 is 11.6 Å². The molecule has 1 amide bonds. The first-order valence-corrected chi connectivity index (χ1v) is 8.67. The van der Waals surface area contributed by atoms with Crippen LogP contribution in [0.5, 0.6) is 0 Å². The van der Waals surface area contributed by atoms with Crippen molar-refractivity contribution in [3.05, 3.63) is 17.0 Å². The summed E-state index contributed by atoms with van der Waals surface area (Å²) in [5.41, 5.74) is -1.53. The van der Waals surface area contributed by atoms with Crippen molar-refractivity contribution in [3.8, 4) is 0 Å². The minimum atomic E-state index is -4.57. The van der Waals surface area contributed by atoms with Crippen molar-refractivity contribution in [1.29, 1.82) is 0 Å². The first-order valence-electron chi connectivity index (χ1n) is 8.30. The number of hydrogen-bond donors (Lipinski definition) is 2. The lowest BCUT2D eigenvalue weighted by molar-refractivity contribution is -0.137. The number of ether oxygens (including phenoxy) is 1. The maximum Gasteiger partial charge on any atom is 0.421 e. The van der Waals surface area contributed by atoms with Crippen molar-refractivity contribution in [2.75, 3.05) is 5.32 Å². The molecule has 0 atom stereocenters. The molecule has 0 bridgehead atoms. The second-order valence-corrected chi connectivity index (χ2v) is 7.58. The number of alkyl halides is 3. The third kappa shape index (κ3) is 6.19. The molecule has 1 aliphatic carbocycles. The summed E-state index contributed by atoms with van der Waals surface area (Å²) in [6.45, 7) is 5.33. The van der Waals surface area contributed by atoms with Crippen LogP contribution in [0.3, 0.4) is 0 Å². The van der Waals surface area contributed by atoms with Crippen molar-refractivity contribution >= 4 is 23.5 Å². The Bertz CT molecular complexity index is 641. The Hall–Kier alpha value is -1.77. The van der Waals surface area contributed by atoms with Crippen molar-refractivity contribution in [2.45, 2.75) is 70.3 Å². The Labute approximate surface area is 154 Å². The molecular weight excluding hydrogens is 373 g/mol. The molecule has 1 heterocycles. The first kappa shape index (κ1) is 20.5. The Morgan fingerprint density at radius 2 is 1.77 bits per heavy atom. The van der Waals surface area contributed by atoms with Crippen LogP contribution < -0.4 is 10.6 Å². The second kappa shape index (κ2) is 7.85. The van der Waals surface area contributed by atoms with Crippen LogP contribution in [0.2, 0.25) is 5.28 Å². The molecule has 6 nitrogen and oxygen atoms in total.